The molecule has 0 saturated heterocycles. The number of benzene rings is 1. The molecular weight excluding hydrogens is 262 g/mol. The monoisotopic (exact) mass is 285 g/mol. The van der Waals surface area contributed by atoms with Crippen molar-refractivity contribution in [2.75, 3.05) is 6.61 Å². The summed E-state index contributed by atoms with van der Waals surface area (Å²) in [5.74, 6) is 1.70. The Kier molecular flexibility index (Phi) is 4.28. The van der Waals surface area contributed by atoms with Crippen molar-refractivity contribution in [3.05, 3.63) is 30.5 Å². The average molecular weight is 285 g/mol. The second-order valence-electron chi connectivity index (χ2n) is 5.89. The third kappa shape index (κ3) is 2.97. The summed E-state index contributed by atoms with van der Waals surface area (Å²) in [6, 6.07) is 8.33. The smallest absolute Gasteiger partial charge is 0.136 e. The number of aryl methyl sites for hydroxylation is 1. The number of aromatic nitrogens is 1. The van der Waals surface area contributed by atoms with Gasteiger partial charge in [-0.3, -0.25) is 4.79 Å². The molecule has 0 bridgehead atoms. The first-order valence-corrected chi connectivity index (χ1v) is 8.03. The summed E-state index contributed by atoms with van der Waals surface area (Å²) in [6.45, 7) is 3.78. The zero-order valence-corrected chi connectivity index (χ0v) is 12.7. The molecule has 0 radical (unpaired) electrons. The predicted octanol–water partition coefficient (Wildman–Crippen LogP) is 4.19. The Labute approximate surface area is 125 Å². The summed E-state index contributed by atoms with van der Waals surface area (Å²) < 4.78 is 8.06. The number of nitrogens with zero attached hydrogens (tertiary/aromatic N) is 1. The summed E-state index contributed by atoms with van der Waals surface area (Å²) in [4.78, 5) is 11.7. The van der Waals surface area contributed by atoms with Crippen LogP contribution in [-0.2, 0) is 11.3 Å². The Morgan fingerprint density at radius 3 is 3.00 bits per heavy atom. The molecule has 112 valence electrons. The zero-order valence-electron chi connectivity index (χ0n) is 12.7. The van der Waals surface area contributed by atoms with Gasteiger partial charge >= 0.3 is 0 Å². The van der Waals surface area contributed by atoms with Gasteiger partial charge in [-0.2, -0.15) is 0 Å². The van der Waals surface area contributed by atoms with E-state index in [-0.39, 0.29) is 5.92 Å². The third-order valence-corrected chi connectivity index (χ3v) is 4.38. The van der Waals surface area contributed by atoms with Gasteiger partial charge in [-0.15, -0.1) is 0 Å². The van der Waals surface area contributed by atoms with Crippen LogP contribution in [0.2, 0.25) is 0 Å². The molecule has 0 amide bonds. The van der Waals surface area contributed by atoms with Crippen molar-refractivity contribution in [3.8, 4) is 5.75 Å². The molecule has 0 aliphatic heterocycles. The third-order valence-electron chi connectivity index (χ3n) is 4.38. The van der Waals surface area contributed by atoms with Gasteiger partial charge in [0.1, 0.15) is 11.5 Å². The molecule has 1 aromatic heterocycles. The fraction of sp³-hybridized carbons (Fsp3) is 0.500. The first-order valence-electron chi connectivity index (χ1n) is 8.03. The molecule has 1 aromatic carbocycles. The average Bonchev–Trinajstić information content (AvgIpc) is 3.09. The van der Waals surface area contributed by atoms with Crippen molar-refractivity contribution in [3.63, 3.8) is 0 Å². The van der Waals surface area contributed by atoms with Crippen LogP contribution in [0.1, 0.15) is 39.0 Å². The van der Waals surface area contributed by atoms with Crippen LogP contribution in [0.4, 0.5) is 0 Å². The van der Waals surface area contributed by atoms with E-state index in [4.69, 9.17) is 4.74 Å². The lowest BCUT2D eigenvalue weighted by atomic mass is 10.0. The summed E-state index contributed by atoms with van der Waals surface area (Å²) >= 11 is 0. The van der Waals surface area contributed by atoms with Crippen molar-refractivity contribution < 1.29 is 9.53 Å². The summed E-state index contributed by atoms with van der Waals surface area (Å²) in [7, 11) is 0. The van der Waals surface area contributed by atoms with Gasteiger partial charge in [0.15, 0.2) is 0 Å². The van der Waals surface area contributed by atoms with Gasteiger partial charge in [0, 0.05) is 30.5 Å². The van der Waals surface area contributed by atoms with Crippen molar-refractivity contribution >= 4 is 16.7 Å². The molecule has 1 heterocycles. The maximum absolute atomic E-state index is 11.7. The number of Topliss-reactive ketones (excluding diaryl/α,β-unsaturated/α-hetero) is 1. The standard InChI is InChI=1S/C18H23NO2/c1-2-13-21-18-8-4-6-16-15(18)10-12-19(16)11-9-14-5-3-7-17(14)20/h4,6,8,10,12,14H,2-3,5,7,9,11,13H2,1H3. The first-order chi connectivity index (χ1) is 10.3. The Bertz CT molecular complexity index is 629. The van der Waals surface area contributed by atoms with Gasteiger partial charge in [-0.25, -0.2) is 0 Å². The molecule has 3 heteroatoms. The fourth-order valence-corrected chi connectivity index (χ4v) is 3.22. The fourth-order valence-electron chi connectivity index (χ4n) is 3.22. The summed E-state index contributed by atoms with van der Waals surface area (Å²) in [5.41, 5.74) is 1.20. The van der Waals surface area contributed by atoms with Gasteiger partial charge in [0.2, 0.25) is 0 Å². The van der Waals surface area contributed by atoms with Crippen LogP contribution < -0.4 is 4.74 Å². The van der Waals surface area contributed by atoms with Crippen molar-refractivity contribution in [2.45, 2.75) is 45.6 Å². The highest BCUT2D eigenvalue weighted by Gasteiger charge is 2.23. The highest BCUT2D eigenvalue weighted by molar-refractivity contribution is 5.86. The van der Waals surface area contributed by atoms with Crippen molar-refractivity contribution in [1.29, 1.82) is 0 Å². The molecule has 3 nitrogen and oxygen atoms in total. The van der Waals surface area contributed by atoms with E-state index in [0.717, 1.165) is 51.0 Å². The van der Waals surface area contributed by atoms with Crippen LogP contribution in [0.5, 0.6) is 5.75 Å². The van der Waals surface area contributed by atoms with Crippen LogP contribution in [0.15, 0.2) is 30.5 Å². The molecule has 1 aliphatic rings. The number of ether oxygens (including phenoxy) is 1. The van der Waals surface area contributed by atoms with Crippen molar-refractivity contribution in [2.24, 2.45) is 5.92 Å². The lowest BCUT2D eigenvalue weighted by Crippen LogP contribution is -2.09. The van der Waals surface area contributed by atoms with Gasteiger partial charge in [0.05, 0.1) is 12.1 Å². The molecule has 1 atom stereocenters. The molecule has 1 aliphatic carbocycles. The molecular formula is C18H23NO2. The minimum atomic E-state index is 0.280. The maximum atomic E-state index is 11.7. The number of carbonyl (C=O) groups is 1. The SMILES string of the molecule is CCCOc1cccc2c1ccn2CCC1CCCC1=O. The van der Waals surface area contributed by atoms with Crippen LogP contribution >= 0.6 is 0 Å². The van der Waals surface area contributed by atoms with E-state index in [1.807, 2.05) is 12.1 Å². The second-order valence-corrected chi connectivity index (χ2v) is 5.89. The Morgan fingerprint density at radius 1 is 1.33 bits per heavy atom. The lowest BCUT2D eigenvalue weighted by Gasteiger charge is -2.11. The van der Waals surface area contributed by atoms with Gasteiger partial charge < -0.3 is 9.30 Å². The number of hydrogen-bond donors (Lipinski definition) is 0. The minimum absolute atomic E-state index is 0.280. The van der Waals surface area contributed by atoms with Crippen LogP contribution in [0.3, 0.4) is 0 Å². The molecule has 0 spiro atoms. The number of hydrogen-bond acceptors (Lipinski definition) is 2. The molecule has 2 aromatic rings. The van der Waals surface area contributed by atoms with E-state index >= 15 is 0 Å². The van der Waals surface area contributed by atoms with E-state index in [1.54, 1.807) is 0 Å². The van der Waals surface area contributed by atoms with E-state index in [0.29, 0.717) is 5.78 Å². The number of rotatable bonds is 6. The second kappa shape index (κ2) is 6.33. The highest BCUT2D eigenvalue weighted by atomic mass is 16.5. The molecule has 21 heavy (non-hydrogen) atoms. The highest BCUT2D eigenvalue weighted by Crippen LogP contribution is 2.29. The number of fused-ring (bicyclic) bond motifs is 1. The Hall–Kier alpha value is -1.77. The largest absolute Gasteiger partial charge is 0.493 e. The predicted molar refractivity (Wildman–Crippen MR) is 84.7 cm³/mol. The molecule has 0 N–H and O–H groups in total. The van der Waals surface area contributed by atoms with Crippen molar-refractivity contribution in [1.82, 2.24) is 4.57 Å². The normalized spacial score (nSPS) is 18.5. The Balaban J connectivity index is 1.75. The summed E-state index contributed by atoms with van der Waals surface area (Å²) in [6.07, 6.45) is 7.02. The molecule has 1 saturated carbocycles. The quantitative estimate of drug-likeness (QED) is 0.797. The number of ketones is 1. The lowest BCUT2D eigenvalue weighted by molar-refractivity contribution is -0.120. The van der Waals surface area contributed by atoms with E-state index in [1.165, 1.54) is 10.9 Å². The minimum Gasteiger partial charge on any atom is -0.493 e. The first kappa shape index (κ1) is 14.2. The van der Waals surface area contributed by atoms with Crippen LogP contribution in [0.25, 0.3) is 10.9 Å². The molecule has 3 rings (SSSR count). The number of carbonyl (C=O) groups excluding carboxylic acids is 1. The van der Waals surface area contributed by atoms with E-state index < -0.39 is 0 Å². The molecule has 1 fully saturated rings. The Morgan fingerprint density at radius 2 is 2.24 bits per heavy atom. The van der Waals surface area contributed by atoms with Gasteiger partial charge in [0.25, 0.3) is 0 Å². The van der Waals surface area contributed by atoms with Gasteiger partial charge in [-0.05, 0) is 43.9 Å². The molecule has 1 unspecified atom stereocenters. The zero-order chi connectivity index (χ0) is 14.7. The van der Waals surface area contributed by atoms with E-state index in [2.05, 4.69) is 29.8 Å². The topological polar surface area (TPSA) is 31.2 Å². The van der Waals surface area contributed by atoms with Gasteiger partial charge in [-0.1, -0.05) is 13.0 Å². The summed E-state index contributed by atoms with van der Waals surface area (Å²) in [5, 5.41) is 1.17. The van der Waals surface area contributed by atoms with Crippen LogP contribution in [0, 0.1) is 5.92 Å². The van der Waals surface area contributed by atoms with E-state index in [9.17, 15) is 4.79 Å². The van der Waals surface area contributed by atoms with Crippen LogP contribution in [-0.4, -0.2) is 17.0 Å². The maximum Gasteiger partial charge on any atom is 0.136 e.